The molecule has 0 fully saturated rings. The summed E-state index contributed by atoms with van der Waals surface area (Å²) in [6.45, 7) is 19.7. The van der Waals surface area contributed by atoms with E-state index in [4.69, 9.17) is 61.6 Å². The number of hydrogen-bond acceptors (Lipinski definition) is 19. The minimum Gasteiger partial charge on any atom is -0.497 e. The van der Waals surface area contributed by atoms with Gasteiger partial charge in [0.1, 0.15) is 82.9 Å². The van der Waals surface area contributed by atoms with Crippen LogP contribution in [0.1, 0.15) is 164 Å². The van der Waals surface area contributed by atoms with Gasteiger partial charge in [-0.1, -0.05) is 111 Å². The quantitative estimate of drug-likeness (QED) is 0.0151. The van der Waals surface area contributed by atoms with Crippen LogP contribution in [0, 0.1) is 0 Å². The van der Waals surface area contributed by atoms with Crippen LogP contribution in [0.25, 0.3) is 33.7 Å². The lowest BCUT2D eigenvalue weighted by Crippen LogP contribution is -2.56. The molecule has 8 aromatic rings. The maximum atomic E-state index is 13.4. The van der Waals surface area contributed by atoms with Gasteiger partial charge in [0.15, 0.2) is 11.2 Å². The maximum absolute atomic E-state index is 13.4. The number of methoxy groups -OCH3 is 4. The SMILES string of the molecule is CCC(C)(CCCOCCOC(=O)CCC(=O)OCc1cc2c(OC)cc(OC)cc2c2c1C=CC(c1ccccc1)(c1ccc(N(C)C)cc1)O2)[S+](C)C(C)(C)OC(C)(CC)[S+](C)C(C)(C)CCCOCCOC(=O)CCC(=O)OCc1cc2c(OC)cc(OC)cc2c2c1C=CC(c1ccccc1)(c1ccc(N(C)C)cc1)O2. The lowest BCUT2D eigenvalue weighted by atomic mass is 9.82. The van der Waals surface area contributed by atoms with Crippen molar-refractivity contribution in [3.8, 4) is 34.5 Å². The van der Waals surface area contributed by atoms with E-state index in [1.807, 2.05) is 125 Å². The molecule has 115 heavy (non-hydrogen) atoms. The molecule has 6 unspecified atom stereocenters. The van der Waals surface area contributed by atoms with E-state index in [2.05, 4.69) is 150 Å². The largest absolute Gasteiger partial charge is 0.497 e. The molecule has 0 amide bonds. The van der Waals surface area contributed by atoms with Crippen molar-refractivity contribution in [1.82, 2.24) is 0 Å². The van der Waals surface area contributed by atoms with E-state index in [-0.39, 0.29) is 96.6 Å². The number of carbonyl (C=O) groups is 4. The van der Waals surface area contributed by atoms with Crippen LogP contribution in [0.2, 0.25) is 0 Å². The number of ether oxygens (including phenoxy) is 13. The van der Waals surface area contributed by atoms with Gasteiger partial charge in [-0.3, -0.25) is 23.9 Å². The van der Waals surface area contributed by atoms with Crippen molar-refractivity contribution in [2.75, 3.05) is 119 Å². The Morgan fingerprint density at radius 2 is 0.826 bits per heavy atom. The zero-order valence-electron chi connectivity index (χ0n) is 70.5. The molecule has 8 aromatic carbocycles. The van der Waals surface area contributed by atoms with Gasteiger partial charge in [-0.05, 0) is 114 Å². The van der Waals surface area contributed by atoms with Gasteiger partial charge in [-0.15, -0.1) is 0 Å². The van der Waals surface area contributed by atoms with Crippen LogP contribution in [0.15, 0.2) is 158 Å². The predicted octanol–water partition coefficient (Wildman–Crippen LogP) is 18.2. The van der Waals surface area contributed by atoms with E-state index in [0.29, 0.717) is 58.8 Å². The molecule has 0 spiro atoms. The summed E-state index contributed by atoms with van der Waals surface area (Å²) in [6, 6.07) is 48.1. The van der Waals surface area contributed by atoms with Crippen molar-refractivity contribution >= 4 is 90.7 Å². The van der Waals surface area contributed by atoms with Gasteiger partial charge >= 0.3 is 23.9 Å². The van der Waals surface area contributed by atoms with Crippen molar-refractivity contribution in [1.29, 1.82) is 0 Å². The van der Waals surface area contributed by atoms with E-state index >= 15 is 0 Å². The van der Waals surface area contributed by atoms with Crippen molar-refractivity contribution < 1.29 is 80.8 Å². The highest BCUT2D eigenvalue weighted by atomic mass is 32.2. The Labute approximate surface area is 686 Å². The van der Waals surface area contributed by atoms with Gasteiger partial charge in [0.05, 0.1) is 67.3 Å². The Morgan fingerprint density at radius 3 is 1.20 bits per heavy atom. The van der Waals surface area contributed by atoms with Gasteiger partial charge in [-0.2, -0.15) is 0 Å². The summed E-state index contributed by atoms with van der Waals surface area (Å²) in [7, 11) is 14.1. The number of rotatable bonds is 42. The molecule has 2 heterocycles. The molecule has 2 aliphatic rings. The minimum absolute atomic E-state index is 0.0324. The van der Waals surface area contributed by atoms with Crippen molar-refractivity contribution in [3.63, 3.8) is 0 Å². The molecule has 0 radical (unpaired) electrons. The molecule has 19 nitrogen and oxygen atoms in total. The fourth-order valence-electron chi connectivity index (χ4n) is 15.1. The Bertz CT molecular complexity index is 4700. The first-order chi connectivity index (χ1) is 55.0. The highest BCUT2D eigenvalue weighted by molar-refractivity contribution is 7.99. The Balaban J connectivity index is 0.628. The molecule has 616 valence electrons. The third-order valence-electron chi connectivity index (χ3n) is 22.7. The van der Waals surface area contributed by atoms with Gasteiger partial charge in [0, 0.05) is 180 Å². The van der Waals surface area contributed by atoms with Crippen LogP contribution in [0.3, 0.4) is 0 Å². The third-order valence-corrected chi connectivity index (χ3v) is 29.7. The van der Waals surface area contributed by atoms with E-state index in [1.165, 1.54) is 0 Å². The second-order valence-corrected chi connectivity index (χ2v) is 37.1. The molecule has 0 N–H and O–H groups in total. The van der Waals surface area contributed by atoms with Crippen molar-refractivity contribution in [3.05, 3.63) is 202 Å². The molecule has 10 rings (SSSR count). The lowest BCUT2D eigenvalue weighted by Gasteiger charge is -2.42. The summed E-state index contributed by atoms with van der Waals surface area (Å²) in [5.41, 5.74) is 6.71. The van der Waals surface area contributed by atoms with E-state index in [0.717, 1.165) is 105 Å². The molecule has 0 bridgehead atoms. The van der Waals surface area contributed by atoms with Crippen molar-refractivity contribution in [2.24, 2.45) is 0 Å². The predicted molar refractivity (Wildman–Crippen MR) is 463 cm³/mol. The number of hydrogen-bond donors (Lipinski definition) is 0. The van der Waals surface area contributed by atoms with Gasteiger partial charge in [-0.25, -0.2) is 0 Å². The zero-order valence-corrected chi connectivity index (χ0v) is 72.2. The molecule has 21 heteroatoms. The first-order valence-electron chi connectivity index (χ1n) is 39.7. The smallest absolute Gasteiger partial charge is 0.306 e. The fraction of sp³-hybridized carbons (Fsp3) is 0.447. The Hall–Kier alpha value is -9.38. The Morgan fingerprint density at radius 1 is 0.435 bits per heavy atom. The third kappa shape index (κ3) is 20.7. The number of benzene rings is 8. The summed E-state index contributed by atoms with van der Waals surface area (Å²) in [6.07, 6.45) is 17.5. The molecule has 0 saturated carbocycles. The van der Waals surface area contributed by atoms with Crippen LogP contribution < -0.4 is 38.2 Å². The van der Waals surface area contributed by atoms with E-state index in [9.17, 15) is 19.2 Å². The standard InChI is InChI=1S/C94H118N2O17S2/c1-19-91(7,48-28-52-106-54-56-108-84(98)42-44-86(100)110-64-66-58-78-80(60-74(102-14)62-82(78)104-16)88-76(66)46-50-94(112-88,68-31-25-22-26-32-68)70-35-39-72(40-36-70)96(11)12)115(18)90(5,6)113-92(8,20-2)114(17)89(3,4)47-27-51-105-53-55-107-83(97)41-43-85(99)109-63-65-57-77-79(59-73(101-13)61-81(77)103-15)87-75(65)45-49-93(111-87,67-29-23-21-24-30-67)69-33-37-71(38-34-69)95(9)10/h21-26,29-40,45-46,49-50,57-62H,19-20,27-28,41-44,47-48,51-56,63-64H2,1-18H3/q+2. The first-order valence-corrected chi connectivity index (χ1v) is 43.0. The molecule has 2 aliphatic heterocycles. The van der Waals surface area contributed by atoms with Crippen LogP contribution >= 0.6 is 0 Å². The summed E-state index contributed by atoms with van der Waals surface area (Å²) in [5.74, 6) is 1.38. The normalized spacial score (nSPS) is 16.6. The number of esters is 4. The van der Waals surface area contributed by atoms with Gasteiger partial charge in [0.2, 0.25) is 9.87 Å². The molecular weight excluding hydrogens is 1490 g/mol. The fourth-order valence-corrected chi connectivity index (χ4v) is 19.9. The molecular formula is C94H118N2O17S2+2. The number of anilines is 2. The van der Waals surface area contributed by atoms with Crippen molar-refractivity contribution in [2.45, 2.75) is 163 Å². The van der Waals surface area contributed by atoms with Gasteiger partial charge in [0.25, 0.3) is 0 Å². The summed E-state index contributed by atoms with van der Waals surface area (Å²) < 4.78 is 79.9. The van der Waals surface area contributed by atoms with E-state index in [1.54, 1.807) is 28.4 Å². The topological polar surface area (TPSA) is 195 Å². The highest BCUT2D eigenvalue weighted by Gasteiger charge is 2.58. The summed E-state index contributed by atoms with van der Waals surface area (Å²) in [4.78, 5) is 56.0. The van der Waals surface area contributed by atoms with Crippen LogP contribution in [0.5, 0.6) is 34.5 Å². The average molecular weight is 1610 g/mol. The first kappa shape index (κ1) is 88.0. The molecule has 0 saturated heterocycles. The van der Waals surface area contributed by atoms with Crippen LogP contribution in [-0.4, -0.2) is 152 Å². The number of carbonyl (C=O) groups excluding carboxylic acids is 4. The summed E-state index contributed by atoms with van der Waals surface area (Å²) in [5, 5.41) is 3.04. The second-order valence-electron chi connectivity index (χ2n) is 31.1. The molecule has 6 atom stereocenters. The molecule has 0 aliphatic carbocycles. The summed E-state index contributed by atoms with van der Waals surface area (Å²) >= 11 is 0. The number of fused-ring (bicyclic) bond motifs is 6. The van der Waals surface area contributed by atoms with E-state index < -0.39 is 44.9 Å². The lowest BCUT2D eigenvalue weighted by molar-refractivity contribution is -0.151. The molecule has 0 aromatic heterocycles. The number of nitrogens with zero attached hydrogens (tertiary/aromatic N) is 2. The monoisotopic (exact) mass is 1610 g/mol. The minimum atomic E-state index is -1.01. The Kier molecular flexibility index (Phi) is 29.9. The van der Waals surface area contributed by atoms with Crippen LogP contribution in [-0.2, 0) is 98.5 Å². The van der Waals surface area contributed by atoms with Crippen LogP contribution in [0.4, 0.5) is 11.4 Å². The zero-order chi connectivity index (χ0) is 82.9. The second kappa shape index (κ2) is 39.0. The van der Waals surface area contributed by atoms with Gasteiger partial charge < -0.3 is 66.6 Å². The maximum Gasteiger partial charge on any atom is 0.306 e. The highest BCUT2D eigenvalue weighted by Crippen LogP contribution is 2.52. The average Bonchev–Trinajstić information content (AvgIpc) is 0.735.